The average molecular weight is 400 g/mol. The summed E-state index contributed by atoms with van der Waals surface area (Å²) in [6.45, 7) is 3.31. The van der Waals surface area contributed by atoms with Gasteiger partial charge in [0, 0.05) is 17.7 Å². The summed E-state index contributed by atoms with van der Waals surface area (Å²) in [5.41, 5.74) is 0.587. The monoisotopic (exact) mass is 400 g/mol. The largest absolute Gasteiger partial charge is 0.452 e. The normalized spacial score (nSPS) is 30.6. The zero-order chi connectivity index (χ0) is 20.8. The van der Waals surface area contributed by atoms with Gasteiger partial charge in [-0.15, -0.1) is 0 Å². The molecule has 1 atom stereocenters. The van der Waals surface area contributed by atoms with Crippen LogP contribution < -0.4 is 5.32 Å². The Labute approximate surface area is 170 Å². The van der Waals surface area contributed by atoms with E-state index in [1.807, 2.05) is 0 Å². The number of ether oxygens (including phenoxy) is 1. The molecule has 0 spiro atoms. The Morgan fingerprint density at radius 1 is 1.21 bits per heavy atom. The van der Waals surface area contributed by atoms with E-state index in [0.29, 0.717) is 5.56 Å². The Balaban J connectivity index is 1.33. The number of nitrogens with one attached hydrogen (secondary N) is 1. The SMILES string of the molecule is Cc1ccc(C(=O)OCC(=O)N[C@@H](C)C23CC4CC(CC(C4)C2)C3)cc1[N+](=O)[O-]. The highest BCUT2D eigenvalue weighted by Crippen LogP contribution is 2.61. The molecule has 1 aromatic rings. The molecule has 0 aromatic heterocycles. The van der Waals surface area contributed by atoms with E-state index < -0.39 is 10.9 Å². The predicted molar refractivity (Wildman–Crippen MR) is 106 cm³/mol. The van der Waals surface area contributed by atoms with E-state index >= 15 is 0 Å². The molecule has 1 amide bonds. The first-order valence-electron chi connectivity index (χ1n) is 10.5. The number of hydrogen-bond donors (Lipinski definition) is 1. The van der Waals surface area contributed by atoms with Crippen LogP contribution in [0.3, 0.4) is 0 Å². The molecule has 29 heavy (non-hydrogen) atoms. The summed E-state index contributed by atoms with van der Waals surface area (Å²) >= 11 is 0. The van der Waals surface area contributed by atoms with E-state index in [2.05, 4.69) is 12.2 Å². The van der Waals surface area contributed by atoms with Crippen LogP contribution in [0.5, 0.6) is 0 Å². The highest BCUT2D eigenvalue weighted by atomic mass is 16.6. The van der Waals surface area contributed by atoms with Crippen LogP contribution in [-0.4, -0.2) is 29.4 Å². The molecule has 4 fully saturated rings. The van der Waals surface area contributed by atoms with Crippen molar-refractivity contribution in [1.82, 2.24) is 5.32 Å². The fourth-order valence-corrected chi connectivity index (χ4v) is 6.29. The van der Waals surface area contributed by atoms with Crippen molar-refractivity contribution >= 4 is 17.6 Å². The van der Waals surface area contributed by atoms with Gasteiger partial charge in [-0.25, -0.2) is 4.79 Å². The molecular weight excluding hydrogens is 372 g/mol. The van der Waals surface area contributed by atoms with Gasteiger partial charge in [0.25, 0.3) is 11.6 Å². The topological polar surface area (TPSA) is 98.5 Å². The van der Waals surface area contributed by atoms with Crippen molar-refractivity contribution in [2.24, 2.45) is 23.2 Å². The number of benzene rings is 1. The minimum Gasteiger partial charge on any atom is -0.452 e. The van der Waals surface area contributed by atoms with E-state index in [9.17, 15) is 19.7 Å². The van der Waals surface area contributed by atoms with E-state index in [0.717, 1.165) is 17.8 Å². The molecule has 0 saturated heterocycles. The molecule has 4 aliphatic rings. The third kappa shape index (κ3) is 3.87. The van der Waals surface area contributed by atoms with Gasteiger partial charge in [-0.3, -0.25) is 14.9 Å². The number of nitro benzene ring substituents is 1. The van der Waals surface area contributed by atoms with Gasteiger partial charge in [-0.2, -0.15) is 0 Å². The standard InChI is InChI=1S/C22H28N2O5/c1-13-3-4-18(8-19(13)24(27)28)21(26)29-12-20(25)23-14(2)22-9-15-5-16(10-22)7-17(6-15)11-22/h3-4,8,14-17H,5-7,9-12H2,1-2H3,(H,23,25)/t14-,15?,16?,17?,22?/m0/s1. The van der Waals surface area contributed by atoms with Gasteiger partial charge < -0.3 is 10.1 Å². The molecule has 0 unspecified atom stereocenters. The third-order valence-electron chi connectivity index (χ3n) is 7.36. The smallest absolute Gasteiger partial charge is 0.338 e. The molecule has 0 radical (unpaired) electrons. The fourth-order valence-electron chi connectivity index (χ4n) is 6.29. The number of aryl methyl sites for hydroxylation is 1. The minimum absolute atomic E-state index is 0.0579. The molecule has 7 nitrogen and oxygen atoms in total. The van der Waals surface area contributed by atoms with Crippen LogP contribution in [0.2, 0.25) is 0 Å². The number of nitrogens with zero attached hydrogens (tertiary/aromatic N) is 1. The van der Waals surface area contributed by atoms with Crippen molar-refractivity contribution < 1.29 is 19.2 Å². The summed E-state index contributed by atoms with van der Waals surface area (Å²) in [5, 5.41) is 14.1. The van der Waals surface area contributed by atoms with Gasteiger partial charge in [-0.05, 0) is 81.6 Å². The van der Waals surface area contributed by atoms with Crippen LogP contribution in [0.4, 0.5) is 5.69 Å². The Hall–Kier alpha value is -2.44. The number of carbonyl (C=O) groups excluding carboxylic acids is 2. The van der Waals surface area contributed by atoms with Gasteiger partial charge in [0.2, 0.25) is 0 Å². The zero-order valence-corrected chi connectivity index (χ0v) is 17.0. The van der Waals surface area contributed by atoms with Crippen LogP contribution >= 0.6 is 0 Å². The lowest BCUT2D eigenvalue weighted by Gasteiger charge is -2.59. The first-order valence-corrected chi connectivity index (χ1v) is 10.5. The molecule has 5 rings (SSSR count). The lowest BCUT2D eigenvalue weighted by molar-refractivity contribution is -0.385. The van der Waals surface area contributed by atoms with Crippen LogP contribution in [0.15, 0.2) is 18.2 Å². The van der Waals surface area contributed by atoms with Crippen LogP contribution in [0.25, 0.3) is 0 Å². The summed E-state index contributed by atoms with van der Waals surface area (Å²) < 4.78 is 5.11. The molecule has 1 N–H and O–H groups in total. The summed E-state index contributed by atoms with van der Waals surface area (Å²) in [6.07, 6.45) is 7.61. The van der Waals surface area contributed by atoms with Gasteiger partial charge in [0.05, 0.1) is 10.5 Å². The number of esters is 1. The number of carbonyl (C=O) groups is 2. The molecular formula is C22H28N2O5. The van der Waals surface area contributed by atoms with E-state index in [1.165, 1.54) is 56.7 Å². The summed E-state index contributed by atoms with van der Waals surface area (Å²) in [4.78, 5) is 35.1. The lowest BCUT2D eigenvalue weighted by Crippen LogP contribution is -2.56. The Bertz CT molecular complexity index is 814. The van der Waals surface area contributed by atoms with E-state index in [-0.39, 0.29) is 35.2 Å². The predicted octanol–water partition coefficient (Wildman–Crippen LogP) is 3.78. The molecule has 7 heteroatoms. The number of hydrogen-bond acceptors (Lipinski definition) is 5. The second-order valence-corrected chi connectivity index (χ2v) is 9.40. The minimum atomic E-state index is -0.731. The highest BCUT2D eigenvalue weighted by Gasteiger charge is 2.53. The van der Waals surface area contributed by atoms with Gasteiger partial charge in [0.1, 0.15) is 0 Å². The Morgan fingerprint density at radius 3 is 2.34 bits per heavy atom. The number of rotatable bonds is 6. The van der Waals surface area contributed by atoms with Crippen LogP contribution in [0, 0.1) is 40.2 Å². The lowest BCUT2D eigenvalue weighted by atomic mass is 9.48. The second kappa shape index (κ2) is 7.43. The maximum Gasteiger partial charge on any atom is 0.338 e. The molecule has 156 valence electrons. The fraction of sp³-hybridized carbons (Fsp3) is 0.636. The Morgan fingerprint density at radius 2 is 1.79 bits per heavy atom. The van der Waals surface area contributed by atoms with Crippen molar-refractivity contribution in [3.8, 4) is 0 Å². The molecule has 0 heterocycles. The number of amides is 1. The summed E-state index contributed by atoms with van der Waals surface area (Å²) in [6, 6.07) is 4.22. The van der Waals surface area contributed by atoms with Crippen molar-refractivity contribution in [3.05, 3.63) is 39.4 Å². The molecule has 4 saturated carbocycles. The number of nitro groups is 1. The van der Waals surface area contributed by atoms with Gasteiger partial charge in [-0.1, -0.05) is 6.07 Å². The quantitative estimate of drug-likeness (QED) is 0.445. The van der Waals surface area contributed by atoms with E-state index in [1.54, 1.807) is 6.92 Å². The van der Waals surface area contributed by atoms with Crippen molar-refractivity contribution in [1.29, 1.82) is 0 Å². The second-order valence-electron chi connectivity index (χ2n) is 9.40. The zero-order valence-electron chi connectivity index (χ0n) is 17.0. The molecule has 4 bridgehead atoms. The molecule has 0 aliphatic heterocycles. The average Bonchev–Trinajstić information content (AvgIpc) is 2.65. The Kier molecular flexibility index (Phi) is 5.09. The van der Waals surface area contributed by atoms with Crippen LogP contribution in [0.1, 0.15) is 61.4 Å². The van der Waals surface area contributed by atoms with E-state index in [4.69, 9.17) is 4.74 Å². The highest BCUT2D eigenvalue weighted by molar-refractivity contribution is 5.92. The third-order valence-corrected chi connectivity index (χ3v) is 7.36. The molecule has 4 aliphatic carbocycles. The van der Waals surface area contributed by atoms with Crippen molar-refractivity contribution in [2.45, 2.75) is 58.4 Å². The van der Waals surface area contributed by atoms with Gasteiger partial charge in [0.15, 0.2) is 6.61 Å². The van der Waals surface area contributed by atoms with Crippen LogP contribution in [-0.2, 0) is 9.53 Å². The first kappa shape index (κ1) is 19.9. The first-order chi connectivity index (χ1) is 13.8. The maximum atomic E-state index is 12.4. The maximum absolute atomic E-state index is 12.4. The summed E-state index contributed by atoms with van der Waals surface area (Å²) in [5.74, 6) is 1.36. The van der Waals surface area contributed by atoms with Crippen molar-refractivity contribution in [3.63, 3.8) is 0 Å². The molecule has 1 aromatic carbocycles. The van der Waals surface area contributed by atoms with Gasteiger partial charge >= 0.3 is 5.97 Å². The van der Waals surface area contributed by atoms with Crippen molar-refractivity contribution in [2.75, 3.05) is 6.61 Å². The summed E-state index contributed by atoms with van der Waals surface area (Å²) in [7, 11) is 0.